The predicted octanol–water partition coefficient (Wildman–Crippen LogP) is 3.74. The fourth-order valence-corrected chi connectivity index (χ4v) is 1.64. The molecule has 1 aromatic rings. The Kier molecular flexibility index (Phi) is 4.21. The molecule has 1 nitrogen and oxygen atoms in total. The van der Waals surface area contributed by atoms with Crippen molar-refractivity contribution in [3.8, 4) is 0 Å². The van der Waals surface area contributed by atoms with E-state index in [1.807, 2.05) is 0 Å². The normalized spacial score (nSPS) is 10.7. The fraction of sp³-hybridized carbons (Fsp3) is 0.364. The number of hydrogen-bond acceptors (Lipinski definition) is 1. The summed E-state index contributed by atoms with van der Waals surface area (Å²) >= 11 is 5.42. The SMILES string of the molecule is Cc1cccc(C(F)F)c1C(=O)CCCl. The maximum absolute atomic E-state index is 12.6. The zero-order valence-corrected chi connectivity index (χ0v) is 9.02. The van der Waals surface area contributed by atoms with Crippen molar-refractivity contribution in [3.05, 3.63) is 34.9 Å². The van der Waals surface area contributed by atoms with Crippen molar-refractivity contribution in [2.75, 3.05) is 5.88 Å². The minimum absolute atomic E-state index is 0.0894. The number of alkyl halides is 3. The Hall–Kier alpha value is -0.960. The molecule has 1 aromatic carbocycles. The number of Topliss-reactive ketones (excluding diaryl/α,β-unsaturated/α-hetero) is 1. The largest absolute Gasteiger partial charge is 0.294 e. The van der Waals surface area contributed by atoms with Gasteiger partial charge in [0.05, 0.1) is 0 Å². The van der Waals surface area contributed by atoms with E-state index in [-0.39, 0.29) is 29.2 Å². The number of carbonyl (C=O) groups is 1. The number of ketones is 1. The summed E-state index contributed by atoms with van der Waals surface area (Å²) in [6.45, 7) is 1.65. The van der Waals surface area contributed by atoms with Gasteiger partial charge in [-0.2, -0.15) is 0 Å². The average Bonchev–Trinajstić information content (AvgIpc) is 2.17. The molecule has 0 radical (unpaired) electrons. The molecule has 0 bridgehead atoms. The van der Waals surface area contributed by atoms with Crippen LogP contribution in [-0.4, -0.2) is 11.7 Å². The maximum atomic E-state index is 12.6. The van der Waals surface area contributed by atoms with E-state index in [1.165, 1.54) is 12.1 Å². The molecule has 0 aromatic heterocycles. The Balaban J connectivity index is 3.18. The van der Waals surface area contributed by atoms with E-state index in [9.17, 15) is 13.6 Å². The molecule has 0 atom stereocenters. The Morgan fingerprint density at radius 3 is 2.67 bits per heavy atom. The zero-order chi connectivity index (χ0) is 11.4. The number of aryl methyl sites for hydroxylation is 1. The highest BCUT2D eigenvalue weighted by Gasteiger charge is 2.19. The van der Waals surface area contributed by atoms with Crippen LogP contribution in [0.1, 0.15) is 34.3 Å². The van der Waals surface area contributed by atoms with E-state index in [1.54, 1.807) is 13.0 Å². The Morgan fingerprint density at radius 1 is 1.47 bits per heavy atom. The fourth-order valence-electron chi connectivity index (χ4n) is 1.46. The molecule has 15 heavy (non-hydrogen) atoms. The van der Waals surface area contributed by atoms with Crippen molar-refractivity contribution >= 4 is 17.4 Å². The van der Waals surface area contributed by atoms with E-state index < -0.39 is 6.43 Å². The van der Waals surface area contributed by atoms with Gasteiger partial charge in [0.25, 0.3) is 6.43 Å². The van der Waals surface area contributed by atoms with Crippen LogP contribution in [0.3, 0.4) is 0 Å². The van der Waals surface area contributed by atoms with Crippen molar-refractivity contribution in [1.82, 2.24) is 0 Å². The van der Waals surface area contributed by atoms with Gasteiger partial charge in [0.1, 0.15) is 0 Å². The minimum Gasteiger partial charge on any atom is -0.294 e. The van der Waals surface area contributed by atoms with E-state index in [0.29, 0.717) is 5.56 Å². The van der Waals surface area contributed by atoms with Crippen LogP contribution in [0.15, 0.2) is 18.2 Å². The number of halogens is 3. The smallest absolute Gasteiger partial charge is 0.264 e. The first-order valence-electron chi connectivity index (χ1n) is 4.54. The molecule has 0 aliphatic carbocycles. The standard InChI is InChI=1S/C11H11ClF2O/c1-7-3-2-4-8(11(13)14)10(7)9(15)5-6-12/h2-4,11H,5-6H2,1H3. The van der Waals surface area contributed by atoms with E-state index in [2.05, 4.69) is 0 Å². The van der Waals surface area contributed by atoms with Gasteiger partial charge in [0, 0.05) is 23.4 Å². The summed E-state index contributed by atoms with van der Waals surface area (Å²) in [5, 5.41) is 0. The highest BCUT2D eigenvalue weighted by atomic mass is 35.5. The van der Waals surface area contributed by atoms with Crippen molar-refractivity contribution in [3.63, 3.8) is 0 Å². The summed E-state index contributed by atoms with van der Waals surface area (Å²) in [6, 6.07) is 4.45. The van der Waals surface area contributed by atoms with Crippen LogP contribution in [0.25, 0.3) is 0 Å². The minimum atomic E-state index is -2.63. The molecule has 4 heteroatoms. The molecular formula is C11H11ClF2O. The maximum Gasteiger partial charge on any atom is 0.264 e. The Morgan fingerprint density at radius 2 is 2.13 bits per heavy atom. The molecule has 0 saturated heterocycles. The van der Waals surface area contributed by atoms with E-state index >= 15 is 0 Å². The molecule has 0 heterocycles. The molecule has 0 saturated carbocycles. The van der Waals surface area contributed by atoms with Gasteiger partial charge < -0.3 is 0 Å². The van der Waals surface area contributed by atoms with Crippen molar-refractivity contribution in [2.45, 2.75) is 19.8 Å². The van der Waals surface area contributed by atoms with E-state index in [0.717, 1.165) is 0 Å². The summed E-state index contributed by atoms with van der Waals surface area (Å²) in [5.41, 5.74) is 0.487. The van der Waals surface area contributed by atoms with Crippen LogP contribution < -0.4 is 0 Å². The van der Waals surface area contributed by atoms with Crippen molar-refractivity contribution in [2.24, 2.45) is 0 Å². The van der Waals surface area contributed by atoms with Gasteiger partial charge in [-0.05, 0) is 12.5 Å². The second-order valence-corrected chi connectivity index (χ2v) is 3.58. The molecule has 1 rings (SSSR count). The molecule has 0 aliphatic rings. The molecular weight excluding hydrogens is 222 g/mol. The summed E-state index contributed by atoms with van der Waals surface area (Å²) in [5.74, 6) is -0.172. The van der Waals surface area contributed by atoms with Crippen LogP contribution in [-0.2, 0) is 0 Å². The van der Waals surface area contributed by atoms with E-state index in [4.69, 9.17) is 11.6 Å². The van der Waals surface area contributed by atoms with Crippen LogP contribution in [0.5, 0.6) is 0 Å². The highest BCUT2D eigenvalue weighted by Crippen LogP contribution is 2.26. The van der Waals surface area contributed by atoms with Crippen LogP contribution in [0.2, 0.25) is 0 Å². The third kappa shape index (κ3) is 2.75. The Bertz CT molecular complexity index is 364. The second-order valence-electron chi connectivity index (χ2n) is 3.20. The average molecular weight is 233 g/mol. The van der Waals surface area contributed by atoms with Gasteiger partial charge in [-0.3, -0.25) is 4.79 Å². The van der Waals surface area contributed by atoms with Crippen molar-refractivity contribution in [1.29, 1.82) is 0 Å². The lowest BCUT2D eigenvalue weighted by Gasteiger charge is -2.10. The molecule has 0 aliphatic heterocycles. The Labute approximate surface area is 92.1 Å². The molecule has 0 fully saturated rings. The first-order valence-corrected chi connectivity index (χ1v) is 5.08. The van der Waals surface area contributed by atoms with Gasteiger partial charge in [-0.25, -0.2) is 8.78 Å². The molecule has 0 spiro atoms. The molecule has 0 N–H and O–H groups in total. The molecule has 0 unspecified atom stereocenters. The van der Waals surface area contributed by atoms with Gasteiger partial charge in [0.15, 0.2) is 5.78 Å². The van der Waals surface area contributed by atoms with Gasteiger partial charge in [-0.1, -0.05) is 18.2 Å². The topological polar surface area (TPSA) is 17.1 Å². The summed E-state index contributed by atoms with van der Waals surface area (Å²) in [7, 11) is 0. The third-order valence-electron chi connectivity index (χ3n) is 2.14. The summed E-state index contributed by atoms with van der Waals surface area (Å²) < 4.78 is 25.2. The summed E-state index contributed by atoms with van der Waals surface area (Å²) in [6.07, 6.45) is -2.54. The second kappa shape index (κ2) is 5.21. The monoisotopic (exact) mass is 232 g/mol. The van der Waals surface area contributed by atoms with Crippen LogP contribution in [0, 0.1) is 6.92 Å². The quantitative estimate of drug-likeness (QED) is 0.571. The van der Waals surface area contributed by atoms with Gasteiger partial charge in [0.2, 0.25) is 0 Å². The zero-order valence-electron chi connectivity index (χ0n) is 8.27. The highest BCUT2D eigenvalue weighted by molar-refractivity contribution is 6.19. The number of hydrogen-bond donors (Lipinski definition) is 0. The summed E-state index contributed by atoms with van der Waals surface area (Å²) in [4.78, 5) is 11.6. The number of benzene rings is 1. The lowest BCUT2D eigenvalue weighted by molar-refractivity contribution is 0.0974. The number of carbonyl (C=O) groups excluding carboxylic acids is 1. The third-order valence-corrected chi connectivity index (χ3v) is 2.33. The lowest BCUT2D eigenvalue weighted by Crippen LogP contribution is -2.07. The predicted molar refractivity (Wildman–Crippen MR) is 55.8 cm³/mol. The van der Waals surface area contributed by atoms with Crippen molar-refractivity contribution < 1.29 is 13.6 Å². The van der Waals surface area contributed by atoms with Gasteiger partial charge in [-0.15, -0.1) is 11.6 Å². The first kappa shape index (κ1) is 12.1. The number of rotatable bonds is 4. The van der Waals surface area contributed by atoms with Crippen LogP contribution in [0.4, 0.5) is 8.78 Å². The van der Waals surface area contributed by atoms with Gasteiger partial charge >= 0.3 is 0 Å². The molecule has 0 amide bonds. The lowest BCUT2D eigenvalue weighted by atomic mass is 9.97. The van der Waals surface area contributed by atoms with Crippen LogP contribution >= 0.6 is 11.6 Å². The molecule has 82 valence electrons. The first-order chi connectivity index (χ1) is 7.07.